The van der Waals surface area contributed by atoms with Gasteiger partial charge in [0.1, 0.15) is 5.82 Å². The number of fused-ring (bicyclic) bond motifs is 1. The lowest BCUT2D eigenvalue weighted by atomic mass is 9.81. The van der Waals surface area contributed by atoms with Gasteiger partial charge in [0.25, 0.3) is 0 Å². The van der Waals surface area contributed by atoms with Crippen LogP contribution in [0.3, 0.4) is 0 Å². The molecule has 2 fully saturated rings. The summed E-state index contributed by atoms with van der Waals surface area (Å²) in [6.45, 7) is 22.5. The number of amides is 2. The summed E-state index contributed by atoms with van der Waals surface area (Å²) >= 11 is 0. The molecule has 0 spiro atoms. The number of allylic oxidation sites excluding steroid dienone is 2. The van der Waals surface area contributed by atoms with Crippen molar-refractivity contribution in [3.63, 3.8) is 0 Å². The minimum Gasteiger partial charge on any atom is -0.356 e. The van der Waals surface area contributed by atoms with E-state index in [1.165, 1.54) is 0 Å². The van der Waals surface area contributed by atoms with Crippen LogP contribution in [-0.2, 0) is 23.2 Å². The number of hydrogen-bond acceptors (Lipinski definition) is 5. The lowest BCUT2D eigenvalue weighted by Gasteiger charge is -2.32. The average Bonchev–Trinajstić information content (AvgIpc) is 3.20. The van der Waals surface area contributed by atoms with Crippen molar-refractivity contribution in [1.82, 2.24) is 25.3 Å². The van der Waals surface area contributed by atoms with Gasteiger partial charge in [-0.05, 0) is 83.2 Å². The zero-order valence-corrected chi connectivity index (χ0v) is 27.4. The summed E-state index contributed by atoms with van der Waals surface area (Å²) in [5.41, 5.74) is 1.85. The molecule has 8 heteroatoms. The lowest BCUT2D eigenvalue weighted by molar-refractivity contribution is -0.137. The Morgan fingerprint density at radius 2 is 1.60 bits per heavy atom. The first-order chi connectivity index (χ1) is 19.6. The second kappa shape index (κ2) is 22.0. The van der Waals surface area contributed by atoms with Crippen LogP contribution >= 0.6 is 0 Å². The van der Waals surface area contributed by atoms with Crippen LogP contribution in [0.5, 0.6) is 0 Å². The van der Waals surface area contributed by atoms with E-state index in [0.29, 0.717) is 31.3 Å². The number of aryl methyl sites for hydroxylation is 1. The van der Waals surface area contributed by atoms with E-state index in [9.17, 15) is 9.59 Å². The smallest absolute Gasteiger partial charge is 0.226 e. The Kier molecular flexibility index (Phi) is 20.6. The second-order valence-electron chi connectivity index (χ2n) is 11.9. The topological polar surface area (TPSA) is 91.3 Å². The Bertz CT molecular complexity index is 918. The molecule has 0 aromatic carbocycles. The molecule has 1 aromatic rings. The zero-order valence-electron chi connectivity index (χ0n) is 27.4. The fourth-order valence-corrected chi connectivity index (χ4v) is 5.16. The van der Waals surface area contributed by atoms with Crippen molar-refractivity contribution >= 4 is 17.6 Å². The summed E-state index contributed by atoms with van der Waals surface area (Å²) in [5, 5.41) is 14.1. The quantitative estimate of drug-likeness (QED) is 0.325. The number of hydrogen-bond donors (Lipinski definition) is 3. The van der Waals surface area contributed by atoms with Crippen LogP contribution in [0.4, 0.5) is 5.82 Å². The summed E-state index contributed by atoms with van der Waals surface area (Å²) in [6.07, 6.45) is 12.4. The number of anilines is 1. The highest BCUT2D eigenvalue weighted by Crippen LogP contribution is 2.32. The standard InChI is InChI=1S/C23H36N6O2.C4H10.C4H8.C2H6.CH4/c1-16-14-29(15-20-13-26-28(2)22(20)27-16)23(31)19-5-3-18(4-6-19)12-25-21(30)11-17-7-9-24-10-8-17;1-4(2)3;1-3-4-2;1-2;/h13,17-19,24,27H,1,3-12,14-15H2,2H3,(H,25,30);4H,1-3H3;3-4H,1-2H3;1-2H3;1H4/b;;4-3+;;. The molecule has 0 unspecified atom stereocenters. The maximum atomic E-state index is 13.2. The fraction of sp³-hybridized carbons (Fsp3) is 0.735. The van der Waals surface area contributed by atoms with Gasteiger partial charge in [-0.1, -0.05) is 60.8 Å². The largest absolute Gasteiger partial charge is 0.356 e. The van der Waals surface area contributed by atoms with Gasteiger partial charge in [0.2, 0.25) is 11.8 Å². The van der Waals surface area contributed by atoms with Crippen molar-refractivity contribution in [3.05, 3.63) is 36.2 Å². The molecule has 3 N–H and O–H groups in total. The molecular formula is C34H64N6O2. The van der Waals surface area contributed by atoms with E-state index in [0.717, 1.165) is 81.2 Å². The summed E-state index contributed by atoms with van der Waals surface area (Å²) in [5.74, 6) is 3.22. The minimum absolute atomic E-state index is 0. The van der Waals surface area contributed by atoms with Gasteiger partial charge in [-0.2, -0.15) is 5.10 Å². The third-order valence-corrected chi connectivity index (χ3v) is 7.41. The molecule has 1 saturated heterocycles. The number of nitrogens with one attached hydrogen (secondary N) is 3. The van der Waals surface area contributed by atoms with E-state index in [2.05, 4.69) is 48.4 Å². The molecule has 0 radical (unpaired) electrons. The van der Waals surface area contributed by atoms with Crippen LogP contribution in [0.25, 0.3) is 0 Å². The van der Waals surface area contributed by atoms with E-state index in [1.807, 2.05) is 58.0 Å². The third-order valence-electron chi connectivity index (χ3n) is 7.41. The fourth-order valence-electron chi connectivity index (χ4n) is 5.16. The number of aromatic nitrogens is 2. The van der Waals surface area contributed by atoms with Crippen molar-refractivity contribution in [2.75, 3.05) is 31.5 Å². The maximum absolute atomic E-state index is 13.2. The first-order valence-electron chi connectivity index (χ1n) is 15.9. The summed E-state index contributed by atoms with van der Waals surface area (Å²) < 4.78 is 1.79. The minimum atomic E-state index is 0. The first-order valence-corrected chi connectivity index (χ1v) is 15.9. The summed E-state index contributed by atoms with van der Waals surface area (Å²) in [4.78, 5) is 27.4. The second-order valence-corrected chi connectivity index (χ2v) is 11.9. The van der Waals surface area contributed by atoms with Gasteiger partial charge in [0.15, 0.2) is 0 Å². The molecule has 1 saturated carbocycles. The highest BCUT2D eigenvalue weighted by atomic mass is 16.2. The van der Waals surface area contributed by atoms with E-state index >= 15 is 0 Å². The molecule has 242 valence electrons. The third kappa shape index (κ3) is 14.5. The highest BCUT2D eigenvalue weighted by Gasteiger charge is 2.32. The predicted molar refractivity (Wildman–Crippen MR) is 179 cm³/mol. The van der Waals surface area contributed by atoms with Crippen LogP contribution in [0.15, 0.2) is 30.6 Å². The van der Waals surface area contributed by atoms with E-state index in [-0.39, 0.29) is 25.2 Å². The van der Waals surface area contributed by atoms with Crippen molar-refractivity contribution in [1.29, 1.82) is 0 Å². The SMILES string of the molecule is C.C/C=C/C.C=C1CN(C(=O)C2CCC(CNC(=O)CC3CCNCC3)CC2)Cc2cnn(C)c2N1.CC.CC(C)C. The van der Waals surface area contributed by atoms with Crippen molar-refractivity contribution < 1.29 is 9.59 Å². The number of piperidine rings is 1. The van der Waals surface area contributed by atoms with Gasteiger partial charge in [-0.15, -0.1) is 0 Å². The summed E-state index contributed by atoms with van der Waals surface area (Å²) in [7, 11) is 1.89. The molecular weight excluding hydrogens is 524 g/mol. The number of nitrogens with zero attached hydrogens (tertiary/aromatic N) is 3. The normalized spacial score (nSPS) is 20.2. The Morgan fingerprint density at radius 3 is 2.14 bits per heavy atom. The maximum Gasteiger partial charge on any atom is 0.226 e. The lowest BCUT2D eigenvalue weighted by Crippen LogP contribution is -2.39. The van der Waals surface area contributed by atoms with Crippen LogP contribution in [0, 0.1) is 23.7 Å². The Labute approximate surface area is 258 Å². The van der Waals surface area contributed by atoms with Crippen LogP contribution in [0.2, 0.25) is 0 Å². The molecule has 0 bridgehead atoms. The molecule has 8 nitrogen and oxygen atoms in total. The van der Waals surface area contributed by atoms with Crippen LogP contribution < -0.4 is 16.0 Å². The zero-order chi connectivity index (χ0) is 30.8. The molecule has 2 amide bonds. The van der Waals surface area contributed by atoms with Crippen molar-refractivity contribution in [2.24, 2.45) is 30.7 Å². The highest BCUT2D eigenvalue weighted by molar-refractivity contribution is 5.80. The first kappa shape index (κ1) is 39.4. The molecule has 42 heavy (non-hydrogen) atoms. The van der Waals surface area contributed by atoms with Gasteiger partial charge < -0.3 is 20.9 Å². The van der Waals surface area contributed by atoms with Gasteiger partial charge in [0.05, 0.1) is 19.3 Å². The van der Waals surface area contributed by atoms with Gasteiger partial charge in [0, 0.05) is 37.2 Å². The summed E-state index contributed by atoms with van der Waals surface area (Å²) in [6, 6.07) is 0. The van der Waals surface area contributed by atoms with Gasteiger partial charge >= 0.3 is 0 Å². The van der Waals surface area contributed by atoms with Crippen LogP contribution in [0.1, 0.15) is 106 Å². The number of carbonyl (C=O) groups is 2. The number of carbonyl (C=O) groups excluding carboxylic acids is 2. The Balaban J connectivity index is 0.00000134. The Morgan fingerprint density at radius 1 is 1.02 bits per heavy atom. The Hall–Kier alpha value is -2.61. The molecule has 2 aliphatic heterocycles. The molecule has 0 atom stereocenters. The number of rotatable bonds is 5. The van der Waals surface area contributed by atoms with E-state index in [1.54, 1.807) is 4.68 Å². The van der Waals surface area contributed by atoms with E-state index < -0.39 is 0 Å². The van der Waals surface area contributed by atoms with Crippen molar-refractivity contribution in [2.45, 2.75) is 107 Å². The van der Waals surface area contributed by atoms with Gasteiger partial charge in [-0.25, -0.2) is 0 Å². The van der Waals surface area contributed by atoms with E-state index in [4.69, 9.17) is 0 Å². The van der Waals surface area contributed by atoms with Crippen LogP contribution in [-0.4, -0.2) is 52.7 Å². The predicted octanol–water partition coefficient (Wildman–Crippen LogP) is 6.91. The molecule has 3 aliphatic rings. The van der Waals surface area contributed by atoms with Crippen molar-refractivity contribution in [3.8, 4) is 0 Å². The van der Waals surface area contributed by atoms with Gasteiger partial charge in [-0.3, -0.25) is 14.3 Å². The molecule has 4 rings (SSSR count). The monoisotopic (exact) mass is 589 g/mol. The molecule has 3 heterocycles. The average molecular weight is 589 g/mol. The molecule has 1 aliphatic carbocycles. The molecule has 1 aromatic heterocycles.